The summed E-state index contributed by atoms with van der Waals surface area (Å²) < 4.78 is 0. The lowest BCUT2D eigenvalue weighted by molar-refractivity contribution is -0.131. The highest BCUT2D eigenvalue weighted by Crippen LogP contribution is 2.29. The predicted molar refractivity (Wildman–Crippen MR) is 70.1 cm³/mol. The Morgan fingerprint density at radius 3 is 3.00 bits per heavy atom. The minimum atomic E-state index is -0.897. The van der Waals surface area contributed by atoms with Crippen LogP contribution < -0.4 is 0 Å². The summed E-state index contributed by atoms with van der Waals surface area (Å²) in [5, 5.41) is 10.6. The summed E-state index contributed by atoms with van der Waals surface area (Å²) in [5.41, 5.74) is 0.985. The highest BCUT2D eigenvalue weighted by atomic mass is 32.1. The lowest BCUT2D eigenvalue weighted by Gasteiger charge is -2.18. The van der Waals surface area contributed by atoms with Crippen LogP contribution in [-0.2, 0) is 11.3 Å². The first-order chi connectivity index (χ1) is 8.19. The fourth-order valence-corrected chi connectivity index (χ4v) is 2.75. The maximum Gasteiger partial charge on any atom is 0.328 e. The zero-order valence-corrected chi connectivity index (χ0v) is 10.7. The quantitative estimate of drug-likeness (QED) is 0.790. The van der Waals surface area contributed by atoms with Gasteiger partial charge in [0.05, 0.1) is 0 Å². The van der Waals surface area contributed by atoms with Gasteiger partial charge in [-0.2, -0.15) is 0 Å². The van der Waals surface area contributed by atoms with Crippen molar-refractivity contribution in [1.82, 2.24) is 4.90 Å². The van der Waals surface area contributed by atoms with Crippen molar-refractivity contribution in [1.29, 1.82) is 0 Å². The van der Waals surface area contributed by atoms with Gasteiger partial charge in [0.15, 0.2) is 0 Å². The van der Waals surface area contributed by atoms with Crippen LogP contribution in [0, 0.1) is 0 Å². The molecule has 1 fully saturated rings. The number of carboxylic acid groups (broad SMARTS) is 1. The van der Waals surface area contributed by atoms with Crippen molar-refractivity contribution < 1.29 is 9.90 Å². The van der Waals surface area contributed by atoms with Crippen molar-refractivity contribution in [3.63, 3.8) is 0 Å². The molecule has 0 radical (unpaired) electrons. The first-order valence-corrected chi connectivity index (χ1v) is 6.79. The number of aliphatic carboxylic acids is 1. The number of nitrogens with zero attached hydrogens (tertiary/aromatic N) is 1. The van der Waals surface area contributed by atoms with Crippen LogP contribution in [0.5, 0.6) is 0 Å². The lowest BCUT2D eigenvalue weighted by Crippen LogP contribution is -2.24. The van der Waals surface area contributed by atoms with E-state index in [1.165, 1.54) is 23.8 Å². The third-order valence-electron chi connectivity index (χ3n) is 2.92. The van der Waals surface area contributed by atoms with E-state index in [0.717, 1.165) is 24.7 Å². The van der Waals surface area contributed by atoms with Crippen LogP contribution in [0.2, 0.25) is 0 Å². The molecule has 2 rings (SSSR count). The molecule has 1 heterocycles. The molecule has 1 aromatic rings. The molecular formula is C13H17NO2S. The van der Waals surface area contributed by atoms with E-state index in [-0.39, 0.29) is 0 Å². The van der Waals surface area contributed by atoms with Gasteiger partial charge in [-0.3, -0.25) is 4.90 Å². The molecule has 4 heteroatoms. The molecular weight excluding hydrogens is 234 g/mol. The first kappa shape index (κ1) is 12.3. The monoisotopic (exact) mass is 251 g/mol. The number of rotatable bonds is 6. The standard InChI is InChI=1S/C13H17NO2S/c1-2-14(11-4-5-11)8-12-7-10(9-17-12)3-6-13(15)16/h3,6-7,9,11H,2,4-5,8H2,1H3,(H,15,16). The van der Waals surface area contributed by atoms with E-state index in [4.69, 9.17) is 5.11 Å². The highest BCUT2D eigenvalue weighted by molar-refractivity contribution is 7.10. The molecule has 0 bridgehead atoms. The number of thiophene rings is 1. The number of hydrogen-bond acceptors (Lipinski definition) is 3. The van der Waals surface area contributed by atoms with Gasteiger partial charge >= 0.3 is 5.97 Å². The van der Waals surface area contributed by atoms with Crippen LogP contribution in [0.4, 0.5) is 0 Å². The van der Waals surface area contributed by atoms with E-state index in [1.54, 1.807) is 17.4 Å². The van der Waals surface area contributed by atoms with E-state index < -0.39 is 5.97 Å². The zero-order chi connectivity index (χ0) is 12.3. The Morgan fingerprint density at radius 2 is 2.41 bits per heavy atom. The molecule has 1 aliphatic rings. The van der Waals surface area contributed by atoms with Crippen LogP contribution in [-0.4, -0.2) is 28.6 Å². The number of carboxylic acids is 1. The molecule has 1 aromatic heterocycles. The summed E-state index contributed by atoms with van der Waals surface area (Å²) in [6.45, 7) is 4.27. The second-order valence-corrected chi connectivity index (χ2v) is 5.31. The van der Waals surface area contributed by atoms with Gasteiger partial charge in [0.1, 0.15) is 0 Å². The molecule has 17 heavy (non-hydrogen) atoms. The van der Waals surface area contributed by atoms with Crippen LogP contribution in [0.15, 0.2) is 17.5 Å². The molecule has 1 N–H and O–H groups in total. The van der Waals surface area contributed by atoms with Crippen molar-refractivity contribution in [2.75, 3.05) is 6.54 Å². The molecule has 92 valence electrons. The van der Waals surface area contributed by atoms with Crippen molar-refractivity contribution in [3.8, 4) is 0 Å². The van der Waals surface area contributed by atoms with Crippen LogP contribution >= 0.6 is 11.3 Å². The molecule has 0 spiro atoms. The average molecular weight is 251 g/mol. The van der Waals surface area contributed by atoms with Gasteiger partial charge in [0.2, 0.25) is 0 Å². The Kier molecular flexibility index (Phi) is 3.97. The van der Waals surface area contributed by atoms with Gasteiger partial charge in [-0.05, 0) is 42.5 Å². The van der Waals surface area contributed by atoms with E-state index in [1.807, 2.05) is 5.38 Å². The Hall–Kier alpha value is -1.13. The zero-order valence-electron chi connectivity index (χ0n) is 9.93. The average Bonchev–Trinajstić information content (AvgIpc) is 3.04. The van der Waals surface area contributed by atoms with Crippen molar-refractivity contribution in [3.05, 3.63) is 28.0 Å². The Labute approximate surface area is 105 Å². The Morgan fingerprint density at radius 1 is 1.65 bits per heavy atom. The number of hydrogen-bond donors (Lipinski definition) is 1. The summed E-state index contributed by atoms with van der Waals surface area (Å²) >= 11 is 1.70. The Balaban J connectivity index is 1.95. The number of carbonyl (C=O) groups is 1. The van der Waals surface area contributed by atoms with Gasteiger partial charge < -0.3 is 5.11 Å². The van der Waals surface area contributed by atoms with Gasteiger partial charge in [0.25, 0.3) is 0 Å². The third kappa shape index (κ3) is 3.68. The first-order valence-electron chi connectivity index (χ1n) is 5.91. The van der Waals surface area contributed by atoms with Gasteiger partial charge in [-0.1, -0.05) is 6.92 Å². The summed E-state index contributed by atoms with van der Waals surface area (Å²) in [6.07, 6.45) is 5.48. The van der Waals surface area contributed by atoms with Crippen LogP contribution in [0.1, 0.15) is 30.2 Å². The summed E-state index contributed by atoms with van der Waals surface area (Å²) in [4.78, 5) is 14.2. The summed E-state index contributed by atoms with van der Waals surface area (Å²) in [7, 11) is 0. The third-order valence-corrected chi connectivity index (χ3v) is 3.86. The molecule has 0 aliphatic heterocycles. The molecule has 0 saturated heterocycles. The fourth-order valence-electron chi connectivity index (χ4n) is 1.87. The Bertz CT molecular complexity index is 421. The molecule has 0 atom stereocenters. The van der Waals surface area contributed by atoms with Crippen molar-refractivity contribution in [2.45, 2.75) is 32.4 Å². The second-order valence-electron chi connectivity index (χ2n) is 4.31. The SMILES string of the molecule is CCN(Cc1cc(C=CC(=O)O)cs1)C1CC1. The minimum absolute atomic E-state index is 0.778. The normalized spacial score (nSPS) is 15.9. The smallest absolute Gasteiger partial charge is 0.328 e. The van der Waals surface area contributed by atoms with Crippen LogP contribution in [0.25, 0.3) is 6.08 Å². The van der Waals surface area contributed by atoms with E-state index in [0.29, 0.717) is 0 Å². The van der Waals surface area contributed by atoms with Gasteiger partial charge in [-0.15, -0.1) is 11.3 Å². The van der Waals surface area contributed by atoms with Gasteiger partial charge in [0, 0.05) is 23.5 Å². The second kappa shape index (κ2) is 5.47. The molecule has 0 amide bonds. The minimum Gasteiger partial charge on any atom is -0.478 e. The van der Waals surface area contributed by atoms with Crippen molar-refractivity contribution in [2.24, 2.45) is 0 Å². The molecule has 0 unspecified atom stereocenters. The van der Waals surface area contributed by atoms with E-state index in [9.17, 15) is 4.79 Å². The predicted octanol–water partition coefficient (Wildman–Crippen LogP) is 2.83. The van der Waals surface area contributed by atoms with Crippen molar-refractivity contribution >= 4 is 23.4 Å². The highest BCUT2D eigenvalue weighted by Gasteiger charge is 2.27. The van der Waals surface area contributed by atoms with E-state index >= 15 is 0 Å². The molecule has 0 aromatic carbocycles. The molecule has 1 saturated carbocycles. The molecule has 1 aliphatic carbocycles. The van der Waals surface area contributed by atoms with Gasteiger partial charge in [-0.25, -0.2) is 4.79 Å². The van der Waals surface area contributed by atoms with Crippen LogP contribution in [0.3, 0.4) is 0 Å². The lowest BCUT2D eigenvalue weighted by atomic mass is 10.2. The topological polar surface area (TPSA) is 40.5 Å². The van der Waals surface area contributed by atoms with E-state index in [2.05, 4.69) is 17.9 Å². The fraction of sp³-hybridized carbons (Fsp3) is 0.462. The largest absolute Gasteiger partial charge is 0.478 e. The maximum atomic E-state index is 10.4. The maximum absolute atomic E-state index is 10.4. The summed E-state index contributed by atoms with van der Waals surface area (Å²) in [5.74, 6) is -0.897. The molecule has 3 nitrogen and oxygen atoms in total. The summed E-state index contributed by atoms with van der Waals surface area (Å²) in [6, 6.07) is 2.86.